The van der Waals surface area contributed by atoms with Crippen molar-refractivity contribution in [2.45, 2.75) is 44.1 Å². The van der Waals surface area contributed by atoms with E-state index in [1.165, 1.54) is 0 Å². The molecule has 100 valence electrons. The molecule has 0 heterocycles. The highest BCUT2D eigenvalue weighted by atomic mass is 79.9. The van der Waals surface area contributed by atoms with Crippen LogP contribution >= 0.6 is 15.9 Å². The molecule has 0 bridgehead atoms. The maximum absolute atomic E-state index is 13.3. The van der Waals surface area contributed by atoms with Crippen LogP contribution in [0.2, 0.25) is 0 Å². The van der Waals surface area contributed by atoms with Gasteiger partial charge >= 0.3 is 0 Å². The van der Waals surface area contributed by atoms with Crippen molar-refractivity contribution in [1.29, 1.82) is 0 Å². The summed E-state index contributed by atoms with van der Waals surface area (Å²) < 4.78 is 27.6. The van der Waals surface area contributed by atoms with Crippen LogP contribution in [0.15, 0.2) is 28.7 Å². The molecule has 0 aromatic heterocycles. The summed E-state index contributed by atoms with van der Waals surface area (Å²) in [4.78, 5) is 0. The van der Waals surface area contributed by atoms with Crippen LogP contribution in [0.3, 0.4) is 0 Å². The van der Waals surface area contributed by atoms with Gasteiger partial charge in [0.05, 0.1) is 0 Å². The second kappa shape index (κ2) is 5.66. The zero-order valence-corrected chi connectivity index (χ0v) is 11.8. The number of rotatable bonds is 3. The first kappa shape index (κ1) is 13.9. The van der Waals surface area contributed by atoms with Gasteiger partial charge in [-0.1, -0.05) is 34.1 Å². The Hall–Kier alpha value is -0.480. The molecule has 0 radical (unpaired) electrons. The van der Waals surface area contributed by atoms with E-state index in [9.17, 15) is 8.78 Å². The van der Waals surface area contributed by atoms with Crippen molar-refractivity contribution in [3.05, 3.63) is 34.3 Å². The molecule has 4 heteroatoms. The van der Waals surface area contributed by atoms with Gasteiger partial charge in [-0.15, -0.1) is 0 Å². The predicted molar refractivity (Wildman–Crippen MR) is 72.6 cm³/mol. The fraction of sp³-hybridized carbons (Fsp3) is 0.571. The Morgan fingerprint density at radius 3 is 2.78 bits per heavy atom. The van der Waals surface area contributed by atoms with E-state index in [4.69, 9.17) is 5.73 Å². The first-order valence-corrected chi connectivity index (χ1v) is 7.15. The molecule has 1 aromatic rings. The van der Waals surface area contributed by atoms with Crippen molar-refractivity contribution >= 4 is 15.9 Å². The highest BCUT2D eigenvalue weighted by molar-refractivity contribution is 9.10. The molecular weight excluding hydrogens is 300 g/mol. The lowest BCUT2D eigenvalue weighted by atomic mass is 9.81. The summed E-state index contributed by atoms with van der Waals surface area (Å²) >= 11 is 3.46. The molecule has 0 saturated heterocycles. The lowest BCUT2D eigenvalue weighted by molar-refractivity contribution is -0.0543. The third kappa shape index (κ3) is 3.51. The molecule has 0 amide bonds. The Bertz CT molecular complexity index is 409. The molecule has 2 rings (SSSR count). The van der Waals surface area contributed by atoms with E-state index in [0.717, 1.165) is 16.5 Å². The lowest BCUT2D eigenvalue weighted by Gasteiger charge is -2.30. The number of nitrogens with two attached hydrogens (primary N) is 1. The van der Waals surface area contributed by atoms with Crippen LogP contribution in [-0.2, 0) is 0 Å². The molecule has 1 saturated carbocycles. The average molecular weight is 318 g/mol. The molecule has 1 nitrogen and oxygen atoms in total. The smallest absolute Gasteiger partial charge is 0.248 e. The second-order valence-corrected chi connectivity index (χ2v) is 6.04. The average Bonchev–Trinajstić information content (AvgIpc) is 2.28. The molecular formula is C14H18BrF2N. The van der Waals surface area contributed by atoms with Gasteiger partial charge in [0.2, 0.25) is 5.92 Å². The van der Waals surface area contributed by atoms with Crippen LogP contribution in [0.4, 0.5) is 8.78 Å². The van der Waals surface area contributed by atoms with E-state index >= 15 is 0 Å². The van der Waals surface area contributed by atoms with E-state index < -0.39 is 5.92 Å². The first-order valence-electron chi connectivity index (χ1n) is 6.36. The summed E-state index contributed by atoms with van der Waals surface area (Å²) in [5.41, 5.74) is 7.15. The SMILES string of the molecule is NC(CC1CCCC(F)(F)C1)c1ccccc1Br. The van der Waals surface area contributed by atoms with Gasteiger partial charge in [-0.2, -0.15) is 0 Å². The summed E-state index contributed by atoms with van der Waals surface area (Å²) in [7, 11) is 0. The van der Waals surface area contributed by atoms with Crippen molar-refractivity contribution in [1.82, 2.24) is 0 Å². The van der Waals surface area contributed by atoms with Gasteiger partial charge in [-0.25, -0.2) is 8.78 Å². The van der Waals surface area contributed by atoms with E-state index in [1.807, 2.05) is 24.3 Å². The zero-order valence-electron chi connectivity index (χ0n) is 10.2. The van der Waals surface area contributed by atoms with Gasteiger partial charge in [-0.05, 0) is 36.8 Å². The number of hydrogen-bond acceptors (Lipinski definition) is 1. The highest BCUT2D eigenvalue weighted by Gasteiger charge is 2.36. The third-order valence-electron chi connectivity index (χ3n) is 3.63. The van der Waals surface area contributed by atoms with Gasteiger partial charge < -0.3 is 5.73 Å². The maximum atomic E-state index is 13.3. The Morgan fingerprint density at radius 2 is 2.11 bits per heavy atom. The second-order valence-electron chi connectivity index (χ2n) is 5.18. The van der Waals surface area contributed by atoms with Gasteiger partial charge in [-0.3, -0.25) is 0 Å². The largest absolute Gasteiger partial charge is 0.324 e. The lowest BCUT2D eigenvalue weighted by Crippen LogP contribution is -2.28. The highest BCUT2D eigenvalue weighted by Crippen LogP contribution is 2.40. The summed E-state index contributed by atoms with van der Waals surface area (Å²) in [6.07, 6.45) is 2.14. The Kier molecular flexibility index (Phi) is 4.38. The number of halogens is 3. The van der Waals surface area contributed by atoms with Crippen molar-refractivity contribution in [3.63, 3.8) is 0 Å². The van der Waals surface area contributed by atoms with Crippen molar-refractivity contribution in [2.75, 3.05) is 0 Å². The molecule has 1 aliphatic rings. The minimum atomic E-state index is -2.49. The third-order valence-corrected chi connectivity index (χ3v) is 4.36. The minimum Gasteiger partial charge on any atom is -0.324 e. The van der Waals surface area contributed by atoms with Crippen LogP contribution < -0.4 is 5.73 Å². The van der Waals surface area contributed by atoms with E-state index in [0.29, 0.717) is 12.8 Å². The fourth-order valence-electron chi connectivity index (χ4n) is 2.74. The van der Waals surface area contributed by atoms with Crippen molar-refractivity contribution < 1.29 is 8.78 Å². The molecule has 2 N–H and O–H groups in total. The van der Waals surface area contributed by atoms with Crippen LogP contribution in [0.25, 0.3) is 0 Å². The Morgan fingerprint density at radius 1 is 1.39 bits per heavy atom. The fourth-order valence-corrected chi connectivity index (χ4v) is 3.32. The van der Waals surface area contributed by atoms with Gasteiger partial charge in [0.1, 0.15) is 0 Å². The molecule has 1 fully saturated rings. The molecule has 0 aliphatic heterocycles. The molecule has 1 aromatic carbocycles. The van der Waals surface area contributed by atoms with Gasteiger partial charge in [0.25, 0.3) is 0 Å². The van der Waals surface area contributed by atoms with Crippen LogP contribution in [0, 0.1) is 5.92 Å². The number of benzene rings is 1. The van der Waals surface area contributed by atoms with Crippen LogP contribution in [0.1, 0.15) is 43.7 Å². The van der Waals surface area contributed by atoms with E-state index in [2.05, 4.69) is 15.9 Å². The minimum absolute atomic E-state index is 0.00878. The van der Waals surface area contributed by atoms with E-state index in [-0.39, 0.29) is 24.8 Å². The molecule has 2 unspecified atom stereocenters. The molecule has 2 atom stereocenters. The first-order chi connectivity index (χ1) is 8.48. The van der Waals surface area contributed by atoms with Gasteiger partial charge in [0, 0.05) is 23.4 Å². The Labute approximate surface area is 115 Å². The van der Waals surface area contributed by atoms with Gasteiger partial charge in [0.15, 0.2) is 0 Å². The number of hydrogen-bond donors (Lipinski definition) is 1. The normalized spacial score (nSPS) is 24.8. The summed E-state index contributed by atoms with van der Waals surface area (Å²) in [6, 6.07) is 7.57. The summed E-state index contributed by atoms with van der Waals surface area (Å²) in [6.45, 7) is 0. The predicted octanol–water partition coefficient (Wildman–Crippen LogP) is 4.66. The van der Waals surface area contributed by atoms with Crippen molar-refractivity contribution in [2.24, 2.45) is 11.7 Å². The molecule has 0 spiro atoms. The maximum Gasteiger partial charge on any atom is 0.248 e. The summed E-state index contributed by atoms with van der Waals surface area (Å²) in [5, 5.41) is 0. The van der Waals surface area contributed by atoms with E-state index in [1.54, 1.807) is 0 Å². The number of alkyl halides is 2. The molecule has 1 aliphatic carbocycles. The van der Waals surface area contributed by atoms with Crippen LogP contribution in [-0.4, -0.2) is 5.92 Å². The standard InChI is InChI=1S/C14H18BrF2N/c15-12-6-2-1-5-11(12)13(18)8-10-4-3-7-14(16,17)9-10/h1-2,5-6,10,13H,3-4,7-9,18H2. The zero-order chi connectivity index (χ0) is 13.2. The van der Waals surface area contributed by atoms with Crippen LogP contribution in [0.5, 0.6) is 0 Å². The topological polar surface area (TPSA) is 26.0 Å². The Balaban J connectivity index is 1.99. The summed E-state index contributed by atoms with van der Waals surface area (Å²) in [5.74, 6) is -2.45. The quantitative estimate of drug-likeness (QED) is 0.861. The monoisotopic (exact) mass is 317 g/mol. The van der Waals surface area contributed by atoms with Crippen molar-refractivity contribution in [3.8, 4) is 0 Å². The molecule has 18 heavy (non-hydrogen) atoms.